The molecule has 1 aromatic carbocycles. The van der Waals surface area contributed by atoms with Crippen LogP contribution >= 0.6 is 11.8 Å². The van der Waals surface area contributed by atoms with E-state index >= 15 is 0 Å². The van der Waals surface area contributed by atoms with E-state index in [9.17, 15) is 0 Å². The maximum atomic E-state index is 5.37. The lowest BCUT2D eigenvalue weighted by molar-refractivity contribution is 0.285. The molecular weight excluding hydrogens is 254 g/mol. The monoisotopic (exact) mass is 279 g/mol. The number of benzene rings is 1. The predicted molar refractivity (Wildman–Crippen MR) is 83.1 cm³/mol. The zero-order chi connectivity index (χ0) is 13.5. The summed E-state index contributed by atoms with van der Waals surface area (Å²) in [6.45, 7) is 3.46. The van der Waals surface area contributed by atoms with Gasteiger partial charge in [-0.05, 0) is 30.9 Å². The Hall–Kier alpha value is -0.670. The molecule has 0 amide bonds. The molecule has 106 valence electrons. The molecule has 1 aliphatic carbocycles. The van der Waals surface area contributed by atoms with Crippen molar-refractivity contribution in [3.63, 3.8) is 0 Å². The van der Waals surface area contributed by atoms with Crippen LogP contribution in [0, 0.1) is 5.92 Å². The predicted octanol–water partition coefficient (Wildman–Crippen LogP) is 3.96. The number of rotatable bonds is 6. The topological polar surface area (TPSA) is 21.3 Å². The summed E-state index contributed by atoms with van der Waals surface area (Å²) in [6.07, 6.45) is 5.54. The van der Waals surface area contributed by atoms with Gasteiger partial charge in [0.25, 0.3) is 0 Å². The normalized spacial score (nSPS) is 23.3. The van der Waals surface area contributed by atoms with Gasteiger partial charge in [0, 0.05) is 23.2 Å². The van der Waals surface area contributed by atoms with Crippen molar-refractivity contribution in [1.82, 2.24) is 5.32 Å². The quantitative estimate of drug-likeness (QED) is 0.629. The van der Waals surface area contributed by atoms with Crippen molar-refractivity contribution in [2.24, 2.45) is 5.92 Å². The molecule has 0 bridgehead atoms. The van der Waals surface area contributed by atoms with Crippen molar-refractivity contribution in [3.05, 3.63) is 24.3 Å². The van der Waals surface area contributed by atoms with E-state index < -0.39 is 0 Å². The van der Waals surface area contributed by atoms with E-state index in [1.54, 1.807) is 7.11 Å². The Morgan fingerprint density at radius 1 is 1.26 bits per heavy atom. The highest BCUT2D eigenvalue weighted by Gasteiger charge is 2.20. The van der Waals surface area contributed by atoms with Crippen LogP contribution in [0.25, 0.3) is 0 Å². The van der Waals surface area contributed by atoms with Crippen LogP contribution < -0.4 is 10.1 Å². The third kappa shape index (κ3) is 4.43. The highest BCUT2D eigenvalue weighted by molar-refractivity contribution is 7.99. The SMILES string of the molecule is COc1ccccc1SCCNC1CCCCC1C. The van der Waals surface area contributed by atoms with Gasteiger partial charge in [-0.15, -0.1) is 11.8 Å². The van der Waals surface area contributed by atoms with Crippen molar-refractivity contribution in [2.75, 3.05) is 19.4 Å². The standard InChI is InChI=1S/C16H25NOS/c1-13-7-3-4-8-14(13)17-11-12-19-16-10-6-5-9-15(16)18-2/h5-6,9-10,13-14,17H,3-4,7-8,11-12H2,1-2H3. The summed E-state index contributed by atoms with van der Waals surface area (Å²) >= 11 is 1.87. The largest absolute Gasteiger partial charge is 0.496 e. The van der Waals surface area contributed by atoms with E-state index in [1.807, 2.05) is 23.9 Å². The molecule has 1 saturated carbocycles. The summed E-state index contributed by atoms with van der Waals surface area (Å²) < 4.78 is 5.37. The molecular formula is C16H25NOS. The average molecular weight is 279 g/mol. The Balaban J connectivity index is 1.71. The van der Waals surface area contributed by atoms with E-state index in [2.05, 4.69) is 24.4 Å². The zero-order valence-corrected chi connectivity index (χ0v) is 12.8. The lowest BCUT2D eigenvalue weighted by Gasteiger charge is -2.29. The van der Waals surface area contributed by atoms with Gasteiger partial charge in [-0.1, -0.05) is 31.9 Å². The van der Waals surface area contributed by atoms with E-state index in [4.69, 9.17) is 4.74 Å². The molecule has 0 radical (unpaired) electrons. The summed E-state index contributed by atoms with van der Waals surface area (Å²) in [5.41, 5.74) is 0. The molecule has 2 unspecified atom stereocenters. The fourth-order valence-corrected chi connectivity index (χ4v) is 3.67. The second-order valence-corrected chi connectivity index (χ2v) is 6.46. The first-order valence-corrected chi connectivity index (χ1v) is 8.29. The van der Waals surface area contributed by atoms with Crippen LogP contribution in [0.5, 0.6) is 5.75 Å². The van der Waals surface area contributed by atoms with Crippen LogP contribution in [0.15, 0.2) is 29.2 Å². The number of methoxy groups -OCH3 is 1. The highest BCUT2D eigenvalue weighted by Crippen LogP contribution is 2.28. The number of hydrogen-bond acceptors (Lipinski definition) is 3. The third-order valence-electron chi connectivity index (χ3n) is 3.95. The fourth-order valence-electron chi connectivity index (χ4n) is 2.76. The minimum atomic E-state index is 0.729. The molecule has 1 N–H and O–H groups in total. The smallest absolute Gasteiger partial charge is 0.132 e. The molecule has 3 heteroatoms. The van der Waals surface area contributed by atoms with Crippen LogP contribution in [0.4, 0.5) is 0 Å². The van der Waals surface area contributed by atoms with E-state index in [0.29, 0.717) is 0 Å². The summed E-state index contributed by atoms with van der Waals surface area (Å²) in [5.74, 6) is 2.92. The molecule has 19 heavy (non-hydrogen) atoms. The summed E-state index contributed by atoms with van der Waals surface area (Å²) in [6, 6.07) is 8.98. The van der Waals surface area contributed by atoms with Gasteiger partial charge in [0.15, 0.2) is 0 Å². The number of nitrogens with one attached hydrogen (secondary N) is 1. The number of para-hydroxylation sites is 1. The Morgan fingerprint density at radius 3 is 2.84 bits per heavy atom. The number of thioether (sulfide) groups is 1. The summed E-state index contributed by atoms with van der Waals surface area (Å²) in [4.78, 5) is 1.24. The Labute approximate surface area is 121 Å². The first kappa shape index (κ1) is 14.7. The highest BCUT2D eigenvalue weighted by atomic mass is 32.2. The van der Waals surface area contributed by atoms with Crippen LogP contribution in [-0.4, -0.2) is 25.4 Å². The van der Waals surface area contributed by atoms with Crippen molar-refractivity contribution < 1.29 is 4.74 Å². The Kier molecular flexibility index (Phi) is 6.05. The minimum absolute atomic E-state index is 0.729. The first-order valence-electron chi connectivity index (χ1n) is 7.30. The van der Waals surface area contributed by atoms with E-state index in [-0.39, 0.29) is 0 Å². The van der Waals surface area contributed by atoms with E-state index in [0.717, 1.165) is 30.0 Å². The van der Waals surface area contributed by atoms with Crippen molar-refractivity contribution in [3.8, 4) is 5.75 Å². The average Bonchev–Trinajstić information content (AvgIpc) is 2.45. The van der Waals surface area contributed by atoms with Crippen molar-refractivity contribution in [2.45, 2.75) is 43.5 Å². The second kappa shape index (κ2) is 7.81. The summed E-state index contributed by atoms with van der Waals surface area (Å²) in [5, 5.41) is 3.72. The minimum Gasteiger partial charge on any atom is -0.496 e. The van der Waals surface area contributed by atoms with Gasteiger partial charge >= 0.3 is 0 Å². The van der Waals surface area contributed by atoms with Crippen LogP contribution in [-0.2, 0) is 0 Å². The molecule has 0 spiro atoms. The number of hydrogen-bond donors (Lipinski definition) is 1. The van der Waals surface area contributed by atoms with Gasteiger partial charge < -0.3 is 10.1 Å². The number of ether oxygens (including phenoxy) is 1. The second-order valence-electron chi connectivity index (χ2n) is 5.32. The van der Waals surface area contributed by atoms with Gasteiger partial charge in [0.05, 0.1) is 7.11 Å². The maximum Gasteiger partial charge on any atom is 0.132 e. The molecule has 0 aliphatic heterocycles. The molecule has 0 aromatic heterocycles. The Morgan fingerprint density at radius 2 is 2.05 bits per heavy atom. The van der Waals surface area contributed by atoms with E-state index in [1.165, 1.54) is 30.6 Å². The van der Waals surface area contributed by atoms with Gasteiger partial charge in [0.2, 0.25) is 0 Å². The van der Waals surface area contributed by atoms with Crippen molar-refractivity contribution >= 4 is 11.8 Å². The van der Waals surface area contributed by atoms with Crippen molar-refractivity contribution in [1.29, 1.82) is 0 Å². The fraction of sp³-hybridized carbons (Fsp3) is 0.625. The molecule has 1 aromatic rings. The van der Waals surface area contributed by atoms with Crippen LogP contribution in [0.1, 0.15) is 32.6 Å². The summed E-state index contributed by atoms with van der Waals surface area (Å²) in [7, 11) is 1.74. The van der Waals surface area contributed by atoms with Gasteiger partial charge in [-0.25, -0.2) is 0 Å². The molecule has 2 atom stereocenters. The van der Waals surface area contributed by atoms with Crippen LogP contribution in [0.3, 0.4) is 0 Å². The lowest BCUT2D eigenvalue weighted by atomic mass is 9.86. The van der Waals surface area contributed by atoms with Gasteiger partial charge in [0.1, 0.15) is 5.75 Å². The van der Waals surface area contributed by atoms with Gasteiger partial charge in [-0.3, -0.25) is 0 Å². The molecule has 2 nitrogen and oxygen atoms in total. The lowest BCUT2D eigenvalue weighted by Crippen LogP contribution is -2.38. The molecule has 1 aliphatic rings. The van der Waals surface area contributed by atoms with Crippen LogP contribution in [0.2, 0.25) is 0 Å². The maximum absolute atomic E-state index is 5.37. The first-order chi connectivity index (χ1) is 9.31. The molecule has 0 heterocycles. The van der Waals surface area contributed by atoms with Gasteiger partial charge in [-0.2, -0.15) is 0 Å². The molecule has 1 fully saturated rings. The third-order valence-corrected chi connectivity index (χ3v) is 5.00. The molecule has 2 rings (SSSR count). The Bertz CT molecular complexity index is 383. The molecule has 0 saturated heterocycles. The zero-order valence-electron chi connectivity index (χ0n) is 12.0.